The van der Waals surface area contributed by atoms with Gasteiger partial charge in [-0.1, -0.05) is 48.5 Å². The van der Waals surface area contributed by atoms with Crippen molar-refractivity contribution in [3.8, 4) is 0 Å². The van der Waals surface area contributed by atoms with Crippen molar-refractivity contribution in [2.45, 2.75) is 91.0 Å². The van der Waals surface area contributed by atoms with Gasteiger partial charge in [0, 0.05) is 49.1 Å². The molecule has 0 unspecified atom stereocenters. The quantitative estimate of drug-likeness (QED) is 0.775. The first-order valence-electron chi connectivity index (χ1n) is 9.56. The van der Waals surface area contributed by atoms with Crippen molar-refractivity contribution in [3.63, 3.8) is 0 Å². The molecule has 1 aromatic heterocycles. The van der Waals surface area contributed by atoms with Crippen LogP contribution in [-0.2, 0) is 23.8 Å². The molecule has 1 aliphatic rings. The number of likely N-dealkylation sites (tertiary alicyclic amines) is 1. The molecular formula is C20H35F2N3. The van der Waals surface area contributed by atoms with E-state index in [0.717, 1.165) is 19.5 Å². The van der Waals surface area contributed by atoms with Crippen LogP contribution in [0.3, 0.4) is 0 Å². The van der Waals surface area contributed by atoms with Crippen LogP contribution in [0.5, 0.6) is 0 Å². The molecule has 1 aliphatic heterocycles. The number of rotatable bonds is 4. The molecule has 0 saturated carbocycles. The Balaban J connectivity index is 2.24. The molecular weight excluding hydrogens is 320 g/mol. The maximum atomic E-state index is 13.4. The van der Waals surface area contributed by atoms with Gasteiger partial charge in [0.2, 0.25) is 0 Å². The van der Waals surface area contributed by atoms with E-state index in [2.05, 4.69) is 58.0 Å². The van der Waals surface area contributed by atoms with E-state index in [1.807, 2.05) is 0 Å². The van der Waals surface area contributed by atoms with Crippen LogP contribution < -0.4 is 0 Å². The summed E-state index contributed by atoms with van der Waals surface area (Å²) in [6, 6.07) is 0. The topological polar surface area (TPSA) is 21.1 Å². The van der Waals surface area contributed by atoms with Crippen molar-refractivity contribution in [2.24, 2.45) is 0 Å². The second kappa shape index (κ2) is 6.98. The summed E-state index contributed by atoms with van der Waals surface area (Å²) >= 11 is 0. The fourth-order valence-corrected chi connectivity index (χ4v) is 3.81. The molecule has 2 heterocycles. The summed E-state index contributed by atoms with van der Waals surface area (Å²) in [6.07, 6.45) is 0.871. The SMILES string of the molecule is CCc1nn(CCN2CCC(F)(F)CC2)c(C(C)(C)C)c1C(C)(C)C. The van der Waals surface area contributed by atoms with E-state index < -0.39 is 5.92 Å². The Morgan fingerprint density at radius 1 is 0.960 bits per heavy atom. The van der Waals surface area contributed by atoms with Crippen molar-refractivity contribution in [1.82, 2.24) is 14.7 Å². The normalized spacial score (nSPS) is 19.4. The zero-order chi connectivity index (χ0) is 19.0. The molecule has 0 aromatic carbocycles. The average Bonchev–Trinajstić information content (AvgIpc) is 2.85. The molecule has 3 nitrogen and oxygen atoms in total. The van der Waals surface area contributed by atoms with Crippen molar-refractivity contribution < 1.29 is 8.78 Å². The van der Waals surface area contributed by atoms with Gasteiger partial charge in [0.15, 0.2) is 0 Å². The molecule has 1 fully saturated rings. The first-order valence-corrected chi connectivity index (χ1v) is 9.56. The van der Waals surface area contributed by atoms with Gasteiger partial charge in [-0.15, -0.1) is 0 Å². The monoisotopic (exact) mass is 355 g/mol. The number of aromatic nitrogens is 2. The molecule has 0 bridgehead atoms. The second-order valence-electron chi connectivity index (χ2n) is 9.44. The minimum Gasteiger partial charge on any atom is -0.301 e. The van der Waals surface area contributed by atoms with Gasteiger partial charge >= 0.3 is 0 Å². The van der Waals surface area contributed by atoms with Crippen molar-refractivity contribution in [3.05, 3.63) is 17.0 Å². The lowest BCUT2D eigenvalue weighted by atomic mass is 9.77. The zero-order valence-corrected chi connectivity index (χ0v) is 17.0. The average molecular weight is 356 g/mol. The van der Waals surface area contributed by atoms with E-state index in [4.69, 9.17) is 5.10 Å². The van der Waals surface area contributed by atoms with Crippen LogP contribution in [0.2, 0.25) is 0 Å². The van der Waals surface area contributed by atoms with Gasteiger partial charge in [-0.3, -0.25) is 4.68 Å². The molecule has 0 atom stereocenters. The largest absolute Gasteiger partial charge is 0.301 e. The highest BCUT2D eigenvalue weighted by molar-refractivity contribution is 5.37. The molecule has 0 N–H and O–H groups in total. The first kappa shape index (κ1) is 20.3. The third kappa shape index (κ3) is 4.81. The third-order valence-electron chi connectivity index (χ3n) is 5.04. The minimum absolute atomic E-state index is 0.00202. The van der Waals surface area contributed by atoms with Gasteiger partial charge in [0.1, 0.15) is 0 Å². The van der Waals surface area contributed by atoms with Crippen LogP contribution in [0.15, 0.2) is 0 Å². The van der Waals surface area contributed by atoms with Crippen LogP contribution in [-0.4, -0.2) is 40.2 Å². The zero-order valence-electron chi connectivity index (χ0n) is 17.0. The molecule has 0 spiro atoms. The van der Waals surface area contributed by atoms with Gasteiger partial charge in [-0.2, -0.15) is 5.10 Å². The van der Waals surface area contributed by atoms with Crippen molar-refractivity contribution in [1.29, 1.82) is 0 Å². The lowest BCUT2D eigenvalue weighted by Gasteiger charge is -2.32. The van der Waals surface area contributed by atoms with E-state index in [1.54, 1.807) is 0 Å². The van der Waals surface area contributed by atoms with E-state index in [-0.39, 0.29) is 23.7 Å². The predicted octanol–water partition coefficient (Wildman–Crippen LogP) is 4.77. The number of hydrogen-bond acceptors (Lipinski definition) is 2. The van der Waals surface area contributed by atoms with Crippen LogP contribution in [0.4, 0.5) is 8.78 Å². The molecule has 0 amide bonds. The van der Waals surface area contributed by atoms with Gasteiger partial charge < -0.3 is 4.90 Å². The fraction of sp³-hybridized carbons (Fsp3) is 0.850. The number of halogens is 2. The molecule has 0 aliphatic carbocycles. The van der Waals surface area contributed by atoms with Crippen LogP contribution in [0.25, 0.3) is 0 Å². The number of nitrogens with zero attached hydrogens (tertiary/aromatic N) is 3. The molecule has 5 heteroatoms. The molecule has 1 saturated heterocycles. The Kier molecular flexibility index (Phi) is 5.68. The Morgan fingerprint density at radius 3 is 1.96 bits per heavy atom. The Hall–Kier alpha value is -0.970. The summed E-state index contributed by atoms with van der Waals surface area (Å²) in [4.78, 5) is 2.15. The van der Waals surface area contributed by atoms with Crippen LogP contribution in [0, 0.1) is 0 Å². The van der Waals surface area contributed by atoms with Gasteiger partial charge in [-0.05, 0) is 11.8 Å². The maximum Gasteiger partial charge on any atom is 0.250 e. The van der Waals surface area contributed by atoms with Crippen molar-refractivity contribution in [2.75, 3.05) is 19.6 Å². The molecule has 25 heavy (non-hydrogen) atoms. The Morgan fingerprint density at radius 2 is 1.52 bits per heavy atom. The van der Waals surface area contributed by atoms with Gasteiger partial charge in [0.25, 0.3) is 5.92 Å². The van der Waals surface area contributed by atoms with Crippen molar-refractivity contribution >= 4 is 0 Å². The molecule has 0 radical (unpaired) electrons. The second-order valence-corrected chi connectivity index (χ2v) is 9.44. The Labute approximate surface area is 151 Å². The number of hydrogen-bond donors (Lipinski definition) is 0. The standard InChI is InChI=1S/C20H35F2N3/c1-8-15-16(18(2,3)4)17(19(5,6)7)25(23-15)14-13-24-11-9-20(21,22)10-12-24/h8-14H2,1-7H3. The lowest BCUT2D eigenvalue weighted by Crippen LogP contribution is -2.41. The third-order valence-corrected chi connectivity index (χ3v) is 5.04. The predicted molar refractivity (Wildman–Crippen MR) is 99.6 cm³/mol. The van der Waals surface area contributed by atoms with E-state index in [9.17, 15) is 8.78 Å². The number of alkyl halides is 2. The number of piperidine rings is 1. The molecule has 1 aromatic rings. The Bertz CT molecular complexity index is 581. The highest BCUT2D eigenvalue weighted by Crippen LogP contribution is 2.36. The van der Waals surface area contributed by atoms with Gasteiger partial charge in [0.05, 0.1) is 12.2 Å². The van der Waals surface area contributed by atoms with E-state index in [0.29, 0.717) is 13.1 Å². The van der Waals surface area contributed by atoms with Gasteiger partial charge in [-0.25, -0.2) is 8.78 Å². The smallest absolute Gasteiger partial charge is 0.250 e. The summed E-state index contributed by atoms with van der Waals surface area (Å²) < 4.78 is 28.8. The maximum absolute atomic E-state index is 13.4. The summed E-state index contributed by atoms with van der Waals surface area (Å²) in [5.74, 6) is -2.48. The van der Waals surface area contributed by atoms with E-state index in [1.165, 1.54) is 17.0 Å². The van der Waals surface area contributed by atoms with E-state index >= 15 is 0 Å². The molecule has 144 valence electrons. The summed E-state index contributed by atoms with van der Waals surface area (Å²) in [5, 5.41) is 4.92. The van der Waals surface area contributed by atoms with Crippen LogP contribution in [0.1, 0.15) is 78.3 Å². The fourth-order valence-electron chi connectivity index (χ4n) is 3.81. The lowest BCUT2D eigenvalue weighted by molar-refractivity contribution is -0.0556. The summed E-state index contributed by atoms with van der Waals surface area (Å²) in [6.45, 7) is 18.1. The number of aryl methyl sites for hydroxylation is 1. The van der Waals surface area contributed by atoms with Crippen LogP contribution >= 0.6 is 0 Å². The highest BCUT2D eigenvalue weighted by Gasteiger charge is 2.35. The highest BCUT2D eigenvalue weighted by atomic mass is 19.3. The minimum atomic E-state index is -2.48. The molecule has 2 rings (SSSR count). The summed E-state index contributed by atoms with van der Waals surface area (Å²) in [5.41, 5.74) is 3.85. The summed E-state index contributed by atoms with van der Waals surface area (Å²) in [7, 11) is 0. The first-order chi connectivity index (χ1) is 11.3.